The van der Waals surface area contributed by atoms with E-state index >= 15 is 0 Å². The predicted molar refractivity (Wildman–Crippen MR) is 151 cm³/mol. The topological polar surface area (TPSA) is 184 Å². The molecule has 232 valence electrons. The number of hydrogen-bond acceptors (Lipinski definition) is 10. The van der Waals surface area contributed by atoms with E-state index in [0.717, 1.165) is 28.9 Å². The number of ether oxygens (including phenoxy) is 2. The number of rotatable bonds is 9. The van der Waals surface area contributed by atoms with Gasteiger partial charge in [0.25, 0.3) is 17.7 Å². The Hall–Kier alpha value is -5.38. The number of aromatic amines is 1. The molecule has 0 spiro atoms. The van der Waals surface area contributed by atoms with Crippen molar-refractivity contribution in [1.82, 2.24) is 19.9 Å². The first kappa shape index (κ1) is 31.6. The first-order chi connectivity index (χ1) is 20.8. The first-order valence-corrected chi connectivity index (χ1v) is 13.2. The molecule has 1 aromatic heterocycles. The summed E-state index contributed by atoms with van der Waals surface area (Å²) in [5, 5.41) is 6.13. The van der Waals surface area contributed by atoms with E-state index in [1.165, 1.54) is 56.4 Å². The summed E-state index contributed by atoms with van der Waals surface area (Å²) in [6.07, 6.45) is -3.33. The number of hydrogen-bond donors (Lipinski definition) is 2. The van der Waals surface area contributed by atoms with Crippen molar-refractivity contribution in [2.45, 2.75) is 19.1 Å². The van der Waals surface area contributed by atoms with Crippen LogP contribution in [-0.4, -0.2) is 103 Å². The van der Waals surface area contributed by atoms with Crippen LogP contribution in [0.15, 0.2) is 51.8 Å². The minimum atomic E-state index is -1.73. The molecular formula is C28H29FN6O9. The standard InChI is InChI=1S/C28H29FN6O9/c1-15(36)43-22(25(38)30-19-7-5-16(6-8-19)24-31-28(41)44-32-24)23-27(40)35(9-10-42-23)20-12-17(11-18(29)13-20)26(39)34(4)14-21(37)33(2)3/h5-8,11-13,22-23H,9-10,14H2,1-4H3,(H,30,38)(H,31,32,41)/t22-,23-/m1/s1. The van der Waals surface area contributed by atoms with Crippen molar-refractivity contribution in [3.63, 3.8) is 0 Å². The van der Waals surface area contributed by atoms with Crippen LogP contribution in [0.25, 0.3) is 11.4 Å². The van der Waals surface area contributed by atoms with Gasteiger partial charge in [-0.25, -0.2) is 9.18 Å². The molecule has 2 aromatic carbocycles. The zero-order valence-electron chi connectivity index (χ0n) is 24.2. The molecule has 0 radical (unpaired) electrons. The van der Waals surface area contributed by atoms with E-state index in [2.05, 4.69) is 20.0 Å². The highest BCUT2D eigenvalue weighted by molar-refractivity contribution is 6.05. The van der Waals surface area contributed by atoms with Crippen LogP contribution >= 0.6 is 0 Å². The number of aromatic nitrogens is 2. The Morgan fingerprint density at radius 2 is 1.84 bits per heavy atom. The molecule has 1 aliphatic rings. The molecule has 15 nitrogen and oxygen atoms in total. The van der Waals surface area contributed by atoms with Crippen molar-refractivity contribution in [2.24, 2.45) is 0 Å². The van der Waals surface area contributed by atoms with Crippen molar-refractivity contribution < 1.29 is 42.4 Å². The maximum Gasteiger partial charge on any atom is 0.439 e. The number of carbonyl (C=O) groups excluding carboxylic acids is 5. The third kappa shape index (κ3) is 7.33. The minimum Gasteiger partial charge on any atom is -0.449 e. The molecule has 2 heterocycles. The number of nitrogens with one attached hydrogen (secondary N) is 2. The fraction of sp³-hybridized carbons (Fsp3) is 0.321. The lowest BCUT2D eigenvalue weighted by molar-refractivity contribution is -0.167. The van der Waals surface area contributed by atoms with E-state index in [0.29, 0.717) is 5.56 Å². The van der Waals surface area contributed by atoms with Crippen molar-refractivity contribution in [3.05, 3.63) is 64.4 Å². The minimum absolute atomic E-state index is 0.00227. The van der Waals surface area contributed by atoms with Crippen molar-refractivity contribution in [1.29, 1.82) is 0 Å². The summed E-state index contributed by atoms with van der Waals surface area (Å²) in [5.41, 5.74) is 0.627. The molecule has 2 atom stereocenters. The van der Waals surface area contributed by atoms with Crippen molar-refractivity contribution in [3.8, 4) is 11.4 Å². The van der Waals surface area contributed by atoms with Crippen LogP contribution in [0.4, 0.5) is 15.8 Å². The fourth-order valence-electron chi connectivity index (χ4n) is 4.28. The van der Waals surface area contributed by atoms with Gasteiger partial charge in [-0.2, -0.15) is 0 Å². The highest BCUT2D eigenvalue weighted by Crippen LogP contribution is 2.25. The molecule has 0 aliphatic carbocycles. The van der Waals surface area contributed by atoms with Crippen LogP contribution in [0.1, 0.15) is 17.3 Å². The summed E-state index contributed by atoms with van der Waals surface area (Å²) in [4.78, 5) is 80.9. The van der Waals surface area contributed by atoms with Crippen LogP contribution < -0.4 is 16.0 Å². The summed E-state index contributed by atoms with van der Waals surface area (Å²) in [5.74, 6) is -4.95. The second-order valence-corrected chi connectivity index (χ2v) is 9.97. The van der Waals surface area contributed by atoms with E-state index in [9.17, 15) is 33.2 Å². The number of halogens is 1. The number of esters is 1. The van der Waals surface area contributed by atoms with Gasteiger partial charge in [-0.15, -0.1) is 0 Å². The second-order valence-electron chi connectivity index (χ2n) is 9.97. The average Bonchev–Trinajstić information content (AvgIpc) is 3.41. The lowest BCUT2D eigenvalue weighted by Gasteiger charge is -2.35. The second kappa shape index (κ2) is 13.3. The van der Waals surface area contributed by atoms with Crippen molar-refractivity contribution >= 4 is 41.0 Å². The monoisotopic (exact) mass is 612 g/mol. The predicted octanol–water partition coefficient (Wildman–Crippen LogP) is 0.631. The number of benzene rings is 2. The SMILES string of the molecule is CC(=O)O[C@@H](C(=O)Nc1ccc(-c2noc(=O)[nH]2)cc1)[C@H]1OCCN(c2cc(F)cc(C(=O)N(C)CC(=O)N(C)C)c2)C1=O. The highest BCUT2D eigenvalue weighted by atomic mass is 19.1. The van der Waals surface area contributed by atoms with Crippen LogP contribution in [0, 0.1) is 5.82 Å². The van der Waals surface area contributed by atoms with Gasteiger partial charge in [-0.1, -0.05) is 5.16 Å². The number of amides is 4. The molecule has 0 unspecified atom stereocenters. The van der Waals surface area contributed by atoms with Gasteiger partial charge < -0.3 is 29.5 Å². The molecule has 2 N–H and O–H groups in total. The largest absolute Gasteiger partial charge is 0.449 e. The van der Waals surface area contributed by atoms with Gasteiger partial charge in [0.2, 0.25) is 12.0 Å². The highest BCUT2D eigenvalue weighted by Gasteiger charge is 2.43. The summed E-state index contributed by atoms with van der Waals surface area (Å²) in [7, 11) is 4.45. The fourth-order valence-corrected chi connectivity index (χ4v) is 4.28. The van der Waals surface area contributed by atoms with Gasteiger partial charge in [0.15, 0.2) is 11.9 Å². The Kier molecular flexibility index (Phi) is 9.53. The zero-order chi connectivity index (χ0) is 32.1. The molecule has 16 heteroatoms. The van der Waals surface area contributed by atoms with Gasteiger partial charge in [0, 0.05) is 57.1 Å². The van der Waals surface area contributed by atoms with Crippen LogP contribution in [0.5, 0.6) is 0 Å². The third-order valence-corrected chi connectivity index (χ3v) is 6.47. The number of likely N-dealkylation sites (N-methyl/N-ethyl adjacent to an activating group) is 2. The molecule has 0 saturated carbocycles. The summed E-state index contributed by atoms with van der Waals surface area (Å²) >= 11 is 0. The molecule has 1 aliphatic heterocycles. The van der Waals surface area contributed by atoms with Gasteiger partial charge in [-0.05, 0) is 42.5 Å². The summed E-state index contributed by atoms with van der Waals surface area (Å²) < 4.78 is 29.9. The van der Waals surface area contributed by atoms with Gasteiger partial charge in [0.05, 0.1) is 13.2 Å². The summed E-state index contributed by atoms with van der Waals surface area (Å²) in [6, 6.07) is 9.32. The molecule has 1 fully saturated rings. The number of H-pyrrole nitrogens is 1. The molecule has 1 saturated heterocycles. The van der Waals surface area contributed by atoms with E-state index in [1.54, 1.807) is 0 Å². The van der Waals surface area contributed by atoms with E-state index < -0.39 is 47.5 Å². The Balaban J connectivity index is 1.54. The molecule has 4 amide bonds. The average molecular weight is 613 g/mol. The van der Waals surface area contributed by atoms with E-state index in [4.69, 9.17) is 9.47 Å². The molecule has 0 bridgehead atoms. The Labute approximate surface area is 249 Å². The third-order valence-electron chi connectivity index (χ3n) is 6.47. The first-order valence-electron chi connectivity index (χ1n) is 13.2. The van der Waals surface area contributed by atoms with Crippen LogP contribution in [0.2, 0.25) is 0 Å². The lowest BCUT2D eigenvalue weighted by atomic mass is 10.1. The quantitative estimate of drug-likeness (QED) is 0.325. The lowest BCUT2D eigenvalue weighted by Crippen LogP contribution is -2.56. The maximum atomic E-state index is 14.7. The van der Waals surface area contributed by atoms with Crippen LogP contribution in [0.3, 0.4) is 0 Å². The van der Waals surface area contributed by atoms with Gasteiger partial charge in [-0.3, -0.25) is 33.5 Å². The summed E-state index contributed by atoms with van der Waals surface area (Å²) in [6.45, 7) is 0.642. The number of anilines is 2. The number of nitrogens with zero attached hydrogens (tertiary/aromatic N) is 4. The van der Waals surface area contributed by atoms with Gasteiger partial charge >= 0.3 is 11.7 Å². The van der Waals surface area contributed by atoms with Crippen molar-refractivity contribution in [2.75, 3.05) is 51.1 Å². The normalized spacial score (nSPS) is 15.3. The zero-order valence-corrected chi connectivity index (χ0v) is 24.2. The smallest absolute Gasteiger partial charge is 0.439 e. The molecule has 3 aromatic rings. The number of carbonyl (C=O) groups is 5. The van der Waals surface area contributed by atoms with E-state index in [1.807, 2.05) is 0 Å². The molecule has 44 heavy (non-hydrogen) atoms. The Morgan fingerprint density at radius 3 is 2.45 bits per heavy atom. The molecular weight excluding hydrogens is 583 g/mol. The maximum absolute atomic E-state index is 14.7. The van der Waals surface area contributed by atoms with Gasteiger partial charge in [0.1, 0.15) is 5.82 Å². The molecule has 4 rings (SSSR count). The Bertz CT molecular complexity index is 1630. The van der Waals surface area contributed by atoms with E-state index in [-0.39, 0.29) is 48.4 Å². The van der Waals surface area contributed by atoms with Crippen LogP contribution in [-0.2, 0) is 28.7 Å². The number of morpholine rings is 1. The Morgan fingerprint density at radius 1 is 1.14 bits per heavy atom.